The second-order valence-corrected chi connectivity index (χ2v) is 3.83. The molecule has 3 N–H and O–H groups in total. The predicted octanol–water partition coefficient (Wildman–Crippen LogP) is 3.23. The molecule has 0 unspecified atom stereocenters. The van der Waals surface area contributed by atoms with E-state index in [-0.39, 0.29) is 5.24 Å². The summed E-state index contributed by atoms with van der Waals surface area (Å²) in [7, 11) is 0. The van der Waals surface area contributed by atoms with E-state index in [1.807, 2.05) is 0 Å². The number of unbranched alkanes of at least 4 members (excludes halogenated alkanes) is 2. The summed E-state index contributed by atoms with van der Waals surface area (Å²) in [5, 5.41) is 1.74. The number of nitrogens with one attached hydrogen (secondary N) is 1. The molecule has 98 valence electrons. The van der Waals surface area contributed by atoms with Gasteiger partial charge < -0.3 is 11.1 Å². The van der Waals surface area contributed by atoms with E-state index in [1.165, 1.54) is 19.3 Å². The first-order chi connectivity index (χ1) is 7.42. The third-order valence-corrected chi connectivity index (χ3v) is 1.21. The molecule has 0 heterocycles. The van der Waals surface area contributed by atoms with Crippen LogP contribution in [0.2, 0.25) is 0 Å². The maximum absolute atomic E-state index is 10.2. The second kappa shape index (κ2) is 20.1. The molecule has 0 spiro atoms. The number of hydrogen-bond acceptors (Lipinski definition) is 2. The fourth-order valence-corrected chi connectivity index (χ4v) is 0.682. The van der Waals surface area contributed by atoms with Crippen molar-refractivity contribution in [1.82, 2.24) is 5.32 Å². The van der Waals surface area contributed by atoms with Crippen LogP contribution in [0.15, 0.2) is 0 Å². The van der Waals surface area contributed by atoms with Gasteiger partial charge in [0.1, 0.15) is 0 Å². The van der Waals surface area contributed by atoms with Crippen LogP contribution < -0.4 is 11.1 Å². The molecule has 0 bridgehead atoms. The van der Waals surface area contributed by atoms with E-state index in [0.29, 0.717) is 0 Å². The third kappa shape index (κ3) is 68.5. The summed E-state index contributed by atoms with van der Waals surface area (Å²) >= 11 is 6.66. The van der Waals surface area contributed by atoms with Gasteiger partial charge in [-0.15, -0.1) is 0 Å². The topological polar surface area (TPSA) is 72.2 Å². The summed E-state index contributed by atoms with van der Waals surface area (Å²) in [5.74, 6) is 0. The molecule has 0 aliphatic rings. The number of carbonyl (C=O) groups excluding carboxylic acids is 2. The Hall–Kier alpha value is -0.360. The first-order valence-corrected chi connectivity index (χ1v) is 6.26. The van der Waals surface area contributed by atoms with Crippen molar-refractivity contribution in [2.45, 2.75) is 46.5 Å². The molecule has 0 atom stereocenters. The summed E-state index contributed by atoms with van der Waals surface area (Å²) in [5.41, 5.74) is 4.34. The minimum Gasteiger partial charge on any atom is -0.361 e. The van der Waals surface area contributed by atoms with Gasteiger partial charge in [-0.2, -0.15) is 0 Å². The van der Waals surface area contributed by atoms with Crippen molar-refractivity contribution in [3.05, 3.63) is 0 Å². The summed E-state index contributed by atoms with van der Waals surface area (Å²) in [6, 6.07) is 0. The van der Waals surface area contributed by atoms with Gasteiger partial charge in [0.15, 0.2) is 0 Å². The van der Waals surface area contributed by atoms with Crippen LogP contribution in [0.25, 0.3) is 0 Å². The van der Waals surface area contributed by atoms with Crippen LogP contribution in [0.1, 0.15) is 46.5 Å². The molecular weight excluding hydrogens is 244 g/mol. The summed E-state index contributed by atoms with van der Waals surface area (Å²) < 4.78 is 0. The zero-order valence-electron chi connectivity index (χ0n) is 10.3. The molecule has 0 aromatic carbocycles. The van der Waals surface area contributed by atoms with Gasteiger partial charge in [0.25, 0.3) is 10.5 Å². The largest absolute Gasteiger partial charge is 0.361 e. The zero-order chi connectivity index (χ0) is 13.4. The van der Waals surface area contributed by atoms with Crippen molar-refractivity contribution in [2.24, 2.45) is 5.73 Å². The maximum Gasteiger partial charge on any atom is 0.275 e. The SMILES string of the molecule is CCC.CCCCCNC(=O)S.NC(=O)S. The van der Waals surface area contributed by atoms with Crippen LogP contribution in [0.3, 0.4) is 0 Å². The van der Waals surface area contributed by atoms with E-state index in [9.17, 15) is 4.79 Å². The molecule has 0 rings (SSSR count). The predicted molar refractivity (Wildman–Crippen MR) is 76.4 cm³/mol. The van der Waals surface area contributed by atoms with E-state index < -0.39 is 5.24 Å². The minimum absolute atomic E-state index is 0.230. The summed E-state index contributed by atoms with van der Waals surface area (Å²) in [6.45, 7) is 7.14. The highest BCUT2D eigenvalue weighted by Gasteiger charge is 1.88. The fourth-order valence-electron chi connectivity index (χ4n) is 0.570. The number of rotatable bonds is 4. The standard InChI is InChI=1S/C6H13NOS.C3H8.CH3NOS/c1-2-3-4-5-7-6(8)9;1-3-2;2-1(3)4/h2-5H2,1H3,(H2,7,8,9);3H2,1-2H3;(H3,2,3,4). The van der Waals surface area contributed by atoms with E-state index in [0.717, 1.165) is 13.0 Å². The smallest absolute Gasteiger partial charge is 0.275 e. The van der Waals surface area contributed by atoms with Gasteiger partial charge >= 0.3 is 0 Å². The van der Waals surface area contributed by atoms with E-state index in [2.05, 4.69) is 57.1 Å². The lowest BCUT2D eigenvalue weighted by atomic mass is 10.2. The van der Waals surface area contributed by atoms with Crippen molar-refractivity contribution in [3.8, 4) is 0 Å². The molecule has 0 aliphatic carbocycles. The van der Waals surface area contributed by atoms with E-state index >= 15 is 0 Å². The molecule has 16 heavy (non-hydrogen) atoms. The molecule has 0 fully saturated rings. The minimum atomic E-state index is -0.639. The highest BCUT2D eigenvalue weighted by molar-refractivity contribution is 7.96. The molecule has 0 aromatic heterocycles. The normalized spacial score (nSPS) is 7.81. The lowest BCUT2D eigenvalue weighted by molar-refractivity contribution is 0.260. The Bertz CT molecular complexity index is 163. The van der Waals surface area contributed by atoms with Crippen LogP contribution in [0.5, 0.6) is 0 Å². The first-order valence-electron chi connectivity index (χ1n) is 5.37. The number of nitrogens with two attached hydrogens (primary N) is 1. The Morgan fingerprint density at radius 1 is 1.12 bits per heavy atom. The van der Waals surface area contributed by atoms with Crippen molar-refractivity contribution < 1.29 is 9.59 Å². The van der Waals surface area contributed by atoms with Crippen LogP contribution in [-0.2, 0) is 0 Å². The van der Waals surface area contributed by atoms with Crippen molar-refractivity contribution >= 4 is 35.7 Å². The van der Waals surface area contributed by atoms with E-state index in [1.54, 1.807) is 0 Å². The summed E-state index contributed by atoms with van der Waals surface area (Å²) in [6.07, 6.45) is 4.67. The number of amides is 2. The van der Waals surface area contributed by atoms with Gasteiger partial charge in [0.2, 0.25) is 0 Å². The quantitative estimate of drug-likeness (QED) is 0.467. The Kier molecular flexibility index (Phi) is 26.4. The highest BCUT2D eigenvalue weighted by atomic mass is 32.1. The van der Waals surface area contributed by atoms with Gasteiger partial charge in [-0.3, -0.25) is 9.59 Å². The fraction of sp³-hybridized carbons (Fsp3) is 0.800. The van der Waals surface area contributed by atoms with Crippen LogP contribution in [-0.4, -0.2) is 17.0 Å². The monoisotopic (exact) mass is 268 g/mol. The highest BCUT2D eigenvalue weighted by Crippen LogP contribution is 1.91. The lowest BCUT2D eigenvalue weighted by Gasteiger charge is -1.97. The average Bonchev–Trinajstić information content (AvgIpc) is 2.12. The molecule has 6 heteroatoms. The molecule has 0 saturated heterocycles. The summed E-state index contributed by atoms with van der Waals surface area (Å²) in [4.78, 5) is 19.2. The number of thiol groups is 2. The lowest BCUT2D eigenvalue weighted by Crippen LogP contribution is -2.17. The second-order valence-electron chi connectivity index (χ2n) is 2.98. The van der Waals surface area contributed by atoms with Crippen molar-refractivity contribution in [2.75, 3.05) is 6.54 Å². The molecule has 0 aromatic rings. The van der Waals surface area contributed by atoms with Crippen LogP contribution in [0, 0.1) is 0 Å². The Morgan fingerprint density at radius 3 is 1.75 bits per heavy atom. The molecular formula is C10H24N2O2S2. The van der Waals surface area contributed by atoms with Crippen LogP contribution in [0.4, 0.5) is 9.59 Å². The van der Waals surface area contributed by atoms with E-state index in [4.69, 9.17) is 4.79 Å². The third-order valence-electron chi connectivity index (χ3n) is 1.06. The molecule has 2 amide bonds. The van der Waals surface area contributed by atoms with Crippen molar-refractivity contribution in [1.29, 1.82) is 0 Å². The number of hydrogen-bond donors (Lipinski definition) is 4. The molecule has 4 nitrogen and oxygen atoms in total. The molecule has 0 aliphatic heterocycles. The van der Waals surface area contributed by atoms with Gasteiger partial charge in [-0.1, -0.05) is 65.3 Å². The number of carbonyl (C=O) groups is 2. The average molecular weight is 268 g/mol. The maximum atomic E-state index is 10.2. The Labute approximate surface area is 110 Å². The van der Waals surface area contributed by atoms with Gasteiger partial charge in [0.05, 0.1) is 0 Å². The number of primary amides is 1. The first kappa shape index (κ1) is 21.0. The van der Waals surface area contributed by atoms with Crippen LogP contribution >= 0.6 is 25.3 Å². The van der Waals surface area contributed by atoms with Gasteiger partial charge in [-0.05, 0) is 6.42 Å². The zero-order valence-corrected chi connectivity index (χ0v) is 12.1. The Balaban J connectivity index is -0.000000201. The Morgan fingerprint density at radius 2 is 1.50 bits per heavy atom. The molecule has 0 radical (unpaired) electrons. The van der Waals surface area contributed by atoms with Gasteiger partial charge in [0, 0.05) is 6.54 Å². The molecule has 0 saturated carbocycles. The van der Waals surface area contributed by atoms with Gasteiger partial charge in [-0.25, -0.2) is 0 Å². The van der Waals surface area contributed by atoms with Crippen molar-refractivity contribution in [3.63, 3.8) is 0 Å².